The van der Waals surface area contributed by atoms with Crippen molar-refractivity contribution in [3.05, 3.63) is 24.0 Å². The lowest BCUT2D eigenvalue weighted by Crippen LogP contribution is -2.10. The van der Waals surface area contributed by atoms with Crippen molar-refractivity contribution < 1.29 is 18.7 Å². The predicted octanol–water partition coefficient (Wildman–Crippen LogP) is 2.97. The second kappa shape index (κ2) is 6.23. The first-order chi connectivity index (χ1) is 8.02. The summed E-state index contributed by atoms with van der Waals surface area (Å²) >= 11 is 0. The fourth-order valence-corrected chi connectivity index (χ4v) is 1.17. The molecule has 1 aromatic rings. The molecule has 94 valence electrons. The Morgan fingerprint density at radius 2 is 2.18 bits per heavy atom. The van der Waals surface area contributed by atoms with E-state index < -0.39 is 5.82 Å². The highest BCUT2D eigenvalue weighted by Gasteiger charge is 2.08. The summed E-state index contributed by atoms with van der Waals surface area (Å²) in [4.78, 5) is 10.7. The van der Waals surface area contributed by atoms with Crippen molar-refractivity contribution in [1.29, 1.82) is 0 Å². The number of hydrogen-bond donors (Lipinski definition) is 0. The van der Waals surface area contributed by atoms with E-state index in [-0.39, 0.29) is 24.2 Å². The molecule has 0 aromatic heterocycles. The Morgan fingerprint density at radius 1 is 1.47 bits per heavy atom. The summed E-state index contributed by atoms with van der Waals surface area (Å²) in [6.07, 6.45) is 0.892. The van der Waals surface area contributed by atoms with Crippen molar-refractivity contribution in [2.75, 3.05) is 6.61 Å². The monoisotopic (exact) mass is 240 g/mol. The molecule has 0 amide bonds. The van der Waals surface area contributed by atoms with E-state index in [1.165, 1.54) is 19.1 Å². The summed E-state index contributed by atoms with van der Waals surface area (Å²) in [5.74, 6) is -0.139. The summed E-state index contributed by atoms with van der Waals surface area (Å²) in [7, 11) is 0. The molecule has 0 fully saturated rings. The van der Waals surface area contributed by atoms with Crippen molar-refractivity contribution in [3.63, 3.8) is 0 Å². The Hall–Kier alpha value is -1.58. The zero-order chi connectivity index (χ0) is 12.8. The molecule has 0 aliphatic heterocycles. The minimum Gasteiger partial charge on any atom is -0.491 e. The van der Waals surface area contributed by atoms with Gasteiger partial charge in [0.2, 0.25) is 0 Å². The van der Waals surface area contributed by atoms with Gasteiger partial charge in [0.25, 0.3) is 0 Å². The highest BCUT2D eigenvalue weighted by Crippen LogP contribution is 2.23. The summed E-state index contributed by atoms with van der Waals surface area (Å²) in [5, 5.41) is 0. The van der Waals surface area contributed by atoms with E-state index in [1.807, 2.05) is 13.8 Å². The lowest BCUT2D eigenvalue weighted by Gasteiger charge is -2.13. The van der Waals surface area contributed by atoms with Crippen molar-refractivity contribution in [3.8, 4) is 11.5 Å². The highest BCUT2D eigenvalue weighted by atomic mass is 19.1. The van der Waals surface area contributed by atoms with Gasteiger partial charge in [-0.3, -0.25) is 4.79 Å². The molecular formula is C13H17FO3. The molecule has 17 heavy (non-hydrogen) atoms. The number of benzene rings is 1. The van der Waals surface area contributed by atoms with Gasteiger partial charge in [0.1, 0.15) is 12.4 Å². The second-order valence-electron chi connectivity index (χ2n) is 3.92. The molecule has 0 bridgehead atoms. The molecule has 0 aliphatic rings. The maximum atomic E-state index is 13.5. The van der Waals surface area contributed by atoms with E-state index in [9.17, 15) is 9.18 Å². The van der Waals surface area contributed by atoms with Gasteiger partial charge in [-0.05, 0) is 32.4 Å². The molecule has 0 spiro atoms. The first-order valence-corrected chi connectivity index (χ1v) is 5.61. The third-order valence-electron chi connectivity index (χ3n) is 2.25. The van der Waals surface area contributed by atoms with Crippen LogP contribution in [0.1, 0.15) is 27.2 Å². The Morgan fingerprint density at radius 3 is 2.71 bits per heavy atom. The highest BCUT2D eigenvalue weighted by molar-refractivity contribution is 5.77. The molecule has 0 heterocycles. The van der Waals surface area contributed by atoms with Crippen LogP contribution in [0.3, 0.4) is 0 Å². The third-order valence-corrected chi connectivity index (χ3v) is 2.25. The Bertz CT molecular complexity index is 390. The summed E-state index contributed by atoms with van der Waals surface area (Å²) in [6.45, 7) is 5.17. The second-order valence-corrected chi connectivity index (χ2v) is 3.92. The SMILES string of the molecule is CCC(C)Oc1ccc(OCC(C)=O)c(F)c1. The van der Waals surface area contributed by atoms with Gasteiger partial charge < -0.3 is 9.47 Å². The van der Waals surface area contributed by atoms with Crippen LogP contribution < -0.4 is 9.47 Å². The zero-order valence-corrected chi connectivity index (χ0v) is 10.3. The average molecular weight is 240 g/mol. The Labute approximate surface area is 101 Å². The predicted molar refractivity (Wildman–Crippen MR) is 63.0 cm³/mol. The van der Waals surface area contributed by atoms with Crippen LogP contribution in [-0.2, 0) is 4.79 Å². The van der Waals surface area contributed by atoms with Gasteiger partial charge in [-0.25, -0.2) is 4.39 Å². The molecule has 4 heteroatoms. The fourth-order valence-electron chi connectivity index (χ4n) is 1.17. The van der Waals surface area contributed by atoms with Gasteiger partial charge in [0.15, 0.2) is 17.3 Å². The lowest BCUT2D eigenvalue weighted by atomic mass is 10.3. The van der Waals surface area contributed by atoms with Gasteiger partial charge in [0, 0.05) is 6.07 Å². The normalized spacial score (nSPS) is 12.0. The van der Waals surface area contributed by atoms with Crippen LogP contribution in [0.5, 0.6) is 11.5 Å². The largest absolute Gasteiger partial charge is 0.491 e. The molecule has 1 aromatic carbocycles. The van der Waals surface area contributed by atoms with Crippen LogP contribution in [0.15, 0.2) is 18.2 Å². The smallest absolute Gasteiger partial charge is 0.168 e. The van der Waals surface area contributed by atoms with E-state index in [1.54, 1.807) is 6.07 Å². The van der Waals surface area contributed by atoms with Crippen molar-refractivity contribution in [2.24, 2.45) is 0 Å². The molecule has 0 saturated heterocycles. The van der Waals surface area contributed by atoms with E-state index in [2.05, 4.69) is 0 Å². The molecule has 0 N–H and O–H groups in total. The number of hydrogen-bond acceptors (Lipinski definition) is 3. The maximum Gasteiger partial charge on any atom is 0.168 e. The standard InChI is InChI=1S/C13H17FO3/c1-4-10(3)17-11-5-6-13(12(14)7-11)16-8-9(2)15/h5-7,10H,4,8H2,1-3H3. The molecule has 1 atom stereocenters. The summed E-state index contributed by atoms with van der Waals surface area (Å²) in [6, 6.07) is 4.36. The number of ether oxygens (including phenoxy) is 2. The summed E-state index contributed by atoms with van der Waals surface area (Å²) < 4.78 is 24.0. The lowest BCUT2D eigenvalue weighted by molar-refractivity contribution is -0.118. The molecule has 1 unspecified atom stereocenters. The van der Waals surface area contributed by atoms with Crippen molar-refractivity contribution in [1.82, 2.24) is 0 Å². The number of carbonyl (C=O) groups excluding carboxylic acids is 1. The third kappa shape index (κ3) is 4.43. The maximum absolute atomic E-state index is 13.5. The van der Waals surface area contributed by atoms with Gasteiger partial charge in [-0.1, -0.05) is 6.92 Å². The minimum atomic E-state index is -0.521. The topological polar surface area (TPSA) is 35.5 Å². The van der Waals surface area contributed by atoms with Crippen LogP contribution in [0, 0.1) is 5.82 Å². The fraction of sp³-hybridized carbons (Fsp3) is 0.462. The van der Waals surface area contributed by atoms with E-state index in [0.717, 1.165) is 6.42 Å². The first-order valence-electron chi connectivity index (χ1n) is 5.61. The van der Waals surface area contributed by atoms with Crippen molar-refractivity contribution >= 4 is 5.78 Å². The van der Waals surface area contributed by atoms with Crippen LogP contribution >= 0.6 is 0 Å². The van der Waals surface area contributed by atoms with Crippen LogP contribution in [0.4, 0.5) is 4.39 Å². The molecular weight excluding hydrogens is 223 g/mol. The van der Waals surface area contributed by atoms with Crippen LogP contribution in [0.2, 0.25) is 0 Å². The molecule has 0 saturated carbocycles. The Kier molecular flexibility index (Phi) is 4.94. The molecule has 0 radical (unpaired) electrons. The molecule has 0 aliphatic carbocycles. The van der Waals surface area contributed by atoms with E-state index in [0.29, 0.717) is 5.75 Å². The van der Waals surface area contributed by atoms with Crippen LogP contribution in [0.25, 0.3) is 0 Å². The zero-order valence-electron chi connectivity index (χ0n) is 10.3. The molecule has 3 nitrogen and oxygen atoms in total. The Balaban J connectivity index is 2.68. The van der Waals surface area contributed by atoms with Gasteiger partial charge in [-0.2, -0.15) is 0 Å². The number of halogens is 1. The van der Waals surface area contributed by atoms with Gasteiger partial charge in [-0.15, -0.1) is 0 Å². The number of ketones is 1. The first kappa shape index (κ1) is 13.5. The minimum absolute atomic E-state index is 0.0402. The van der Waals surface area contributed by atoms with Crippen molar-refractivity contribution in [2.45, 2.75) is 33.3 Å². The van der Waals surface area contributed by atoms with Crippen LogP contribution in [-0.4, -0.2) is 18.5 Å². The van der Waals surface area contributed by atoms with Gasteiger partial charge >= 0.3 is 0 Å². The number of carbonyl (C=O) groups is 1. The average Bonchev–Trinajstić information content (AvgIpc) is 2.27. The number of rotatable bonds is 6. The molecule has 1 rings (SSSR count). The van der Waals surface area contributed by atoms with E-state index >= 15 is 0 Å². The van der Waals surface area contributed by atoms with Gasteiger partial charge in [0.05, 0.1) is 6.10 Å². The number of Topliss-reactive ketones (excluding diaryl/α,β-unsaturated/α-hetero) is 1. The van der Waals surface area contributed by atoms with E-state index in [4.69, 9.17) is 9.47 Å². The quantitative estimate of drug-likeness (QED) is 0.766. The summed E-state index contributed by atoms with van der Waals surface area (Å²) in [5.41, 5.74) is 0.